The zero-order valence-electron chi connectivity index (χ0n) is 16.7. The molecule has 0 bridgehead atoms. The molecule has 1 heterocycles. The van der Waals surface area contributed by atoms with E-state index in [0.29, 0.717) is 5.02 Å². The molecular formula is C22H21ClN2O4S. The minimum atomic E-state index is -1.08. The third kappa shape index (κ3) is 4.80. The molecule has 2 amide bonds. The van der Waals surface area contributed by atoms with Crippen LogP contribution in [0.1, 0.15) is 27.7 Å². The number of carbonyl (C=O) groups excluding carboxylic acids is 3. The van der Waals surface area contributed by atoms with E-state index in [1.807, 2.05) is 56.3 Å². The molecule has 2 N–H and O–H groups in total. The van der Waals surface area contributed by atoms with Crippen LogP contribution in [-0.2, 0) is 14.3 Å². The monoisotopic (exact) mass is 444 g/mol. The van der Waals surface area contributed by atoms with Crippen molar-refractivity contribution in [2.75, 3.05) is 11.9 Å². The number of carbonyl (C=O) groups is 3. The van der Waals surface area contributed by atoms with Gasteiger partial charge in [0.2, 0.25) is 5.91 Å². The number of hydrogen-bond donors (Lipinski definition) is 2. The summed E-state index contributed by atoms with van der Waals surface area (Å²) in [7, 11) is 0. The van der Waals surface area contributed by atoms with E-state index in [9.17, 15) is 14.4 Å². The van der Waals surface area contributed by atoms with Gasteiger partial charge >= 0.3 is 5.97 Å². The molecule has 1 atom stereocenters. The number of thiophene rings is 1. The molecule has 0 aliphatic rings. The highest BCUT2D eigenvalue weighted by Gasteiger charge is 2.23. The number of anilines is 1. The normalized spacial score (nSPS) is 11.7. The van der Waals surface area contributed by atoms with Gasteiger partial charge in [-0.2, -0.15) is 0 Å². The Kier molecular flexibility index (Phi) is 6.74. The fraction of sp³-hybridized carbons (Fsp3) is 0.227. The first-order chi connectivity index (χ1) is 14.3. The Bertz CT molecular complexity index is 1110. The van der Waals surface area contributed by atoms with Gasteiger partial charge < -0.3 is 15.4 Å². The van der Waals surface area contributed by atoms with Crippen LogP contribution in [0.25, 0.3) is 10.1 Å². The standard InChI is InChI=1S/C22H21ClN2O4S/c1-12-7-6-8-13(2)19(12)25-17(26)11-24-21(27)14(3)29-22(28)20-18(23)15-9-4-5-10-16(15)30-20/h4-10,14H,11H2,1-3H3,(H,24,27)(H,25,26). The minimum Gasteiger partial charge on any atom is -0.448 e. The smallest absolute Gasteiger partial charge is 0.350 e. The summed E-state index contributed by atoms with van der Waals surface area (Å²) in [6, 6.07) is 13.0. The molecular weight excluding hydrogens is 424 g/mol. The lowest BCUT2D eigenvalue weighted by Gasteiger charge is -2.14. The van der Waals surface area contributed by atoms with Gasteiger partial charge in [0.15, 0.2) is 6.10 Å². The van der Waals surface area contributed by atoms with Crippen molar-refractivity contribution in [2.24, 2.45) is 0 Å². The number of fused-ring (bicyclic) bond motifs is 1. The molecule has 0 aliphatic carbocycles. The number of benzene rings is 2. The number of esters is 1. The number of ether oxygens (including phenoxy) is 1. The van der Waals surface area contributed by atoms with Crippen molar-refractivity contribution in [3.05, 3.63) is 63.5 Å². The zero-order valence-corrected chi connectivity index (χ0v) is 18.3. The van der Waals surface area contributed by atoms with E-state index in [1.54, 1.807) is 0 Å². The number of rotatable bonds is 6. The molecule has 3 rings (SSSR count). The summed E-state index contributed by atoms with van der Waals surface area (Å²) < 4.78 is 6.10. The van der Waals surface area contributed by atoms with Crippen molar-refractivity contribution in [1.82, 2.24) is 5.32 Å². The second-order valence-corrected chi connectivity index (χ2v) is 8.25. The van der Waals surface area contributed by atoms with Crippen LogP contribution in [0.15, 0.2) is 42.5 Å². The van der Waals surface area contributed by atoms with Crippen molar-refractivity contribution in [3.63, 3.8) is 0 Å². The van der Waals surface area contributed by atoms with E-state index in [4.69, 9.17) is 16.3 Å². The fourth-order valence-corrected chi connectivity index (χ4v) is 4.31. The first-order valence-electron chi connectivity index (χ1n) is 9.29. The number of nitrogens with one attached hydrogen (secondary N) is 2. The second-order valence-electron chi connectivity index (χ2n) is 6.82. The van der Waals surface area contributed by atoms with Crippen LogP contribution in [-0.4, -0.2) is 30.4 Å². The molecule has 0 radical (unpaired) electrons. The highest BCUT2D eigenvalue weighted by atomic mass is 35.5. The van der Waals surface area contributed by atoms with Gasteiger partial charge in [-0.05, 0) is 38.0 Å². The van der Waals surface area contributed by atoms with Crippen LogP contribution in [0.5, 0.6) is 0 Å². The van der Waals surface area contributed by atoms with Crippen LogP contribution in [0.4, 0.5) is 5.69 Å². The predicted molar refractivity (Wildman–Crippen MR) is 119 cm³/mol. The first-order valence-corrected chi connectivity index (χ1v) is 10.5. The lowest BCUT2D eigenvalue weighted by molar-refractivity contribution is -0.130. The molecule has 30 heavy (non-hydrogen) atoms. The maximum absolute atomic E-state index is 12.4. The summed E-state index contributed by atoms with van der Waals surface area (Å²) in [6.45, 7) is 4.99. The molecule has 2 aromatic carbocycles. The Hall–Kier alpha value is -2.90. The van der Waals surface area contributed by atoms with E-state index < -0.39 is 18.0 Å². The average Bonchev–Trinajstić information content (AvgIpc) is 3.06. The molecule has 0 saturated heterocycles. The van der Waals surface area contributed by atoms with Crippen LogP contribution >= 0.6 is 22.9 Å². The van der Waals surface area contributed by atoms with Crippen molar-refractivity contribution in [2.45, 2.75) is 26.9 Å². The highest BCUT2D eigenvalue weighted by Crippen LogP contribution is 2.35. The molecule has 1 unspecified atom stereocenters. The summed E-state index contributed by atoms with van der Waals surface area (Å²) in [6.07, 6.45) is -1.08. The van der Waals surface area contributed by atoms with Gasteiger partial charge in [0.25, 0.3) is 5.91 Å². The summed E-state index contributed by atoms with van der Waals surface area (Å²) in [4.78, 5) is 37.1. The molecule has 3 aromatic rings. The summed E-state index contributed by atoms with van der Waals surface area (Å²) >= 11 is 7.48. The van der Waals surface area contributed by atoms with E-state index in [0.717, 1.165) is 26.9 Å². The van der Waals surface area contributed by atoms with Crippen LogP contribution in [0.2, 0.25) is 5.02 Å². The number of para-hydroxylation sites is 1. The van der Waals surface area contributed by atoms with Crippen LogP contribution in [0.3, 0.4) is 0 Å². The lowest BCUT2D eigenvalue weighted by Crippen LogP contribution is -2.40. The maximum atomic E-state index is 12.4. The summed E-state index contributed by atoms with van der Waals surface area (Å²) in [5.74, 6) is -1.62. The van der Waals surface area contributed by atoms with Crippen molar-refractivity contribution < 1.29 is 19.1 Å². The molecule has 0 spiro atoms. The van der Waals surface area contributed by atoms with Gasteiger partial charge in [0.05, 0.1) is 11.6 Å². The van der Waals surface area contributed by atoms with Crippen LogP contribution in [0, 0.1) is 13.8 Å². The quantitative estimate of drug-likeness (QED) is 0.549. The van der Waals surface area contributed by atoms with E-state index in [1.165, 1.54) is 18.3 Å². The topological polar surface area (TPSA) is 84.5 Å². The largest absolute Gasteiger partial charge is 0.448 e. The summed E-state index contributed by atoms with van der Waals surface area (Å²) in [5, 5.41) is 6.33. The number of aryl methyl sites for hydroxylation is 2. The average molecular weight is 445 g/mol. The Morgan fingerprint density at radius 2 is 1.73 bits per heavy atom. The Morgan fingerprint density at radius 1 is 1.07 bits per heavy atom. The minimum absolute atomic E-state index is 0.238. The Balaban J connectivity index is 1.56. The predicted octanol–water partition coefficient (Wildman–Crippen LogP) is 4.47. The molecule has 1 aromatic heterocycles. The third-order valence-electron chi connectivity index (χ3n) is 4.54. The number of amides is 2. The number of halogens is 1. The third-order valence-corrected chi connectivity index (χ3v) is 6.20. The first kappa shape index (κ1) is 21.8. The van der Waals surface area contributed by atoms with E-state index >= 15 is 0 Å². The second kappa shape index (κ2) is 9.28. The molecule has 156 valence electrons. The molecule has 8 heteroatoms. The zero-order chi connectivity index (χ0) is 21.8. The maximum Gasteiger partial charge on any atom is 0.350 e. The number of hydrogen-bond acceptors (Lipinski definition) is 5. The fourth-order valence-electron chi connectivity index (χ4n) is 2.92. The molecule has 0 aliphatic heterocycles. The van der Waals surface area contributed by atoms with Gasteiger partial charge in [-0.15, -0.1) is 11.3 Å². The van der Waals surface area contributed by atoms with Crippen LogP contribution < -0.4 is 10.6 Å². The van der Waals surface area contributed by atoms with Crippen molar-refractivity contribution in [1.29, 1.82) is 0 Å². The molecule has 0 fully saturated rings. The highest BCUT2D eigenvalue weighted by molar-refractivity contribution is 7.21. The van der Waals surface area contributed by atoms with Gasteiger partial charge in [0, 0.05) is 15.8 Å². The van der Waals surface area contributed by atoms with Gasteiger partial charge in [-0.1, -0.05) is 48.0 Å². The van der Waals surface area contributed by atoms with Gasteiger partial charge in [-0.3, -0.25) is 9.59 Å². The van der Waals surface area contributed by atoms with Crippen molar-refractivity contribution >= 4 is 56.5 Å². The van der Waals surface area contributed by atoms with E-state index in [-0.39, 0.29) is 17.3 Å². The Labute approximate surface area is 183 Å². The van der Waals surface area contributed by atoms with E-state index in [2.05, 4.69) is 10.6 Å². The van der Waals surface area contributed by atoms with Crippen molar-refractivity contribution in [3.8, 4) is 0 Å². The SMILES string of the molecule is Cc1cccc(C)c1NC(=O)CNC(=O)C(C)OC(=O)c1sc2ccccc2c1Cl. The Morgan fingerprint density at radius 3 is 2.40 bits per heavy atom. The summed E-state index contributed by atoms with van der Waals surface area (Å²) in [5.41, 5.74) is 2.57. The molecule has 0 saturated carbocycles. The van der Waals surface area contributed by atoms with Gasteiger partial charge in [0.1, 0.15) is 4.88 Å². The molecule has 6 nitrogen and oxygen atoms in total. The lowest BCUT2D eigenvalue weighted by atomic mass is 10.1. The van der Waals surface area contributed by atoms with Gasteiger partial charge in [-0.25, -0.2) is 4.79 Å².